The summed E-state index contributed by atoms with van der Waals surface area (Å²) in [5.74, 6) is 1.04. The lowest BCUT2D eigenvalue weighted by Gasteiger charge is -2.33. The number of aromatic nitrogens is 1. The van der Waals surface area contributed by atoms with Crippen molar-refractivity contribution < 1.29 is 14.6 Å². The number of carbonyl (C=O) groups is 1. The van der Waals surface area contributed by atoms with Gasteiger partial charge in [0.25, 0.3) is 0 Å². The Labute approximate surface area is 139 Å². The van der Waals surface area contributed by atoms with Crippen molar-refractivity contribution in [2.45, 2.75) is 65.9 Å². The molecule has 130 valence electrons. The smallest absolute Gasteiger partial charge is 0.416 e. The van der Waals surface area contributed by atoms with E-state index in [0.29, 0.717) is 24.7 Å². The highest BCUT2D eigenvalue weighted by Crippen LogP contribution is 2.34. The number of carbonyl (C=O) groups excluding carboxylic acids is 1. The van der Waals surface area contributed by atoms with Gasteiger partial charge >= 0.3 is 6.09 Å². The van der Waals surface area contributed by atoms with E-state index in [1.807, 2.05) is 46.8 Å². The van der Waals surface area contributed by atoms with Crippen LogP contribution in [-0.2, 0) is 11.2 Å². The van der Waals surface area contributed by atoms with Gasteiger partial charge in [0.05, 0.1) is 0 Å². The van der Waals surface area contributed by atoms with Crippen LogP contribution in [0.4, 0.5) is 10.6 Å². The van der Waals surface area contributed by atoms with Crippen LogP contribution in [0.25, 0.3) is 0 Å². The van der Waals surface area contributed by atoms with Gasteiger partial charge < -0.3 is 9.84 Å². The third-order valence-electron chi connectivity index (χ3n) is 3.52. The third kappa shape index (κ3) is 5.20. The van der Waals surface area contributed by atoms with Crippen molar-refractivity contribution in [1.82, 2.24) is 4.98 Å². The summed E-state index contributed by atoms with van der Waals surface area (Å²) in [7, 11) is 0. The minimum absolute atomic E-state index is 0.0494. The molecule has 2 heterocycles. The van der Waals surface area contributed by atoms with Crippen molar-refractivity contribution in [3.63, 3.8) is 0 Å². The summed E-state index contributed by atoms with van der Waals surface area (Å²) in [4.78, 5) is 18.5. The summed E-state index contributed by atoms with van der Waals surface area (Å²) in [6.07, 6.45) is 1.03. The van der Waals surface area contributed by atoms with Gasteiger partial charge in [-0.15, -0.1) is 0 Å². The number of anilines is 1. The molecule has 2 rings (SSSR count). The Morgan fingerprint density at radius 2 is 2.04 bits per heavy atom. The zero-order valence-corrected chi connectivity index (χ0v) is 15.2. The summed E-state index contributed by atoms with van der Waals surface area (Å²) < 4.78 is 5.47. The lowest BCUT2D eigenvalue weighted by molar-refractivity contribution is 0.0575. The van der Waals surface area contributed by atoms with Crippen LogP contribution in [-0.4, -0.2) is 34.9 Å². The molecule has 5 nitrogen and oxygen atoms in total. The molecule has 0 saturated carbocycles. The van der Waals surface area contributed by atoms with Gasteiger partial charge in [0, 0.05) is 25.3 Å². The van der Waals surface area contributed by atoms with E-state index in [4.69, 9.17) is 9.84 Å². The van der Waals surface area contributed by atoms with Crippen molar-refractivity contribution >= 4 is 11.9 Å². The number of nitrogens with zero attached hydrogens (tertiary/aromatic N) is 2. The van der Waals surface area contributed by atoms with Gasteiger partial charge in [0.2, 0.25) is 0 Å². The van der Waals surface area contributed by atoms with E-state index < -0.39 is 5.60 Å². The molecule has 1 aromatic rings. The Kier molecular flexibility index (Phi) is 7.01. The van der Waals surface area contributed by atoms with Gasteiger partial charge in [-0.3, -0.25) is 4.90 Å². The zero-order chi connectivity index (χ0) is 17.6. The van der Waals surface area contributed by atoms with Crippen LogP contribution < -0.4 is 4.90 Å². The fourth-order valence-corrected chi connectivity index (χ4v) is 2.43. The SMILES string of the molecule is CC.CC1CCN(C(=O)OC(C)(C)C)c2nc(CCO)ccc21. The normalized spacial score (nSPS) is 17.0. The molecule has 1 aliphatic heterocycles. The molecule has 1 atom stereocenters. The largest absolute Gasteiger partial charge is 0.443 e. The minimum Gasteiger partial charge on any atom is -0.443 e. The van der Waals surface area contributed by atoms with E-state index in [2.05, 4.69) is 11.9 Å². The van der Waals surface area contributed by atoms with Gasteiger partial charge in [-0.25, -0.2) is 9.78 Å². The molecule has 1 aliphatic rings. The molecule has 0 spiro atoms. The first-order valence-electron chi connectivity index (χ1n) is 8.43. The topological polar surface area (TPSA) is 62.7 Å². The number of pyridine rings is 1. The molecule has 0 bridgehead atoms. The molecule has 23 heavy (non-hydrogen) atoms. The molecule has 5 heteroatoms. The van der Waals surface area contributed by atoms with E-state index in [0.717, 1.165) is 17.7 Å². The predicted octanol–water partition coefficient (Wildman–Crippen LogP) is 3.89. The molecule has 0 saturated heterocycles. The van der Waals surface area contributed by atoms with Crippen LogP contribution in [0.2, 0.25) is 0 Å². The molecule has 1 aromatic heterocycles. The van der Waals surface area contributed by atoms with Crippen LogP contribution in [0.1, 0.15) is 65.1 Å². The monoisotopic (exact) mass is 322 g/mol. The Morgan fingerprint density at radius 1 is 1.39 bits per heavy atom. The molecular weight excluding hydrogens is 292 g/mol. The molecule has 0 aromatic carbocycles. The molecule has 0 radical (unpaired) electrons. The lowest BCUT2D eigenvalue weighted by Crippen LogP contribution is -2.41. The van der Waals surface area contributed by atoms with E-state index in [1.165, 1.54) is 0 Å². The van der Waals surface area contributed by atoms with Crippen LogP contribution in [0.15, 0.2) is 12.1 Å². The van der Waals surface area contributed by atoms with Gasteiger partial charge in [0.15, 0.2) is 0 Å². The molecule has 1 N–H and O–H groups in total. The summed E-state index contributed by atoms with van der Waals surface area (Å²) in [5.41, 5.74) is 1.33. The highest BCUT2D eigenvalue weighted by Gasteiger charge is 2.31. The van der Waals surface area contributed by atoms with Crippen LogP contribution >= 0.6 is 0 Å². The van der Waals surface area contributed by atoms with Crippen molar-refractivity contribution in [2.75, 3.05) is 18.1 Å². The Balaban J connectivity index is 0.00000127. The summed E-state index contributed by atoms with van der Waals surface area (Å²) in [6.45, 7) is 12.4. The van der Waals surface area contributed by atoms with Gasteiger partial charge in [0.1, 0.15) is 11.4 Å². The van der Waals surface area contributed by atoms with Crippen molar-refractivity contribution in [1.29, 1.82) is 0 Å². The first kappa shape index (κ1) is 19.4. The Hall–Kier alpha value is -1.62. The summed E-state index contributed by atoms with van der Waals surface area (Å²) in [5, 5.41) is 9.06. The van der Waals surface area contributed by atoms with Gasteiger partial charge in [-0.1, -0.05) is 26.8 Å². The summed E-state index contributed by atoms with van der Waals surface area (Å²) in [6, 6.07) is 3.93. The minimum atomic E-state index is -0.525. The van der Waals surface area contributed by atoms with Crippen molar-refractivity contribution in [3.05, 3.63) is 23.4 Å². The van der Waals surface area contributed by atoms with E-state index >= 15 is 0 Å². The van der Waals surface area contributed by atoms with Crippen LogP contribution in [0.5, 0.6) is 0 Å². The zero-order valence-electron chi connectivity index (χ0n) is 15.2. The number of ether oxygens (including phenoxy) is 1. The second-order valence-electron chi connectivity index (χ2n) is 6.51. The van der Waals surface area contributed by atoms with Crippen molar-refractivity contribution in [3.8, 4) is 0 Å². The predicted molar refractivity (Wildman–Crippen MR) is 93.0 cm³/mol. The number of amides is 1. The summed E-state index contributed by atoms with van der Waals surface area (Å²) >= 11 is 0. The number of hydrogen-bond donors (Lipinski definition) is 1. The lowest BCUT2D eigenvalue weighted by atomic mass is 9.94. The average molecular weight is 322 g/mol. The van der Waals surface area contributed by atoms with E-state index in [-0.39, 0.29) is 12.7 Å². The number of aliphatic hydroxyl groups excluding tert-OH is 1. The van der Waals surface area contributed by atoms with Crippen LogP contribution in [0, 0.1) is 0 Å². The second-order valence-corrected chi connectivity index (χ2v) is 6.51. The van der Waals surface area contributed by atoms with Gasteiger partial charge in [-0.2, -0.15) is 0 Å². The van der Waals surface area contributed by atoms with Crippen molar-refractivity contribution in [2.24, 2.45) is 0 Å². The molecule has 1 unspecified atom stereocenters. The fourth-order valence-electron chi connectivity index (χ4n) is 2.43. The highest BCUT2D eigenvalue weighted by molar-refractivity contribution is 5.88. The molecule has 1 amide bonds. The maximum absolute atomic E-state index is 12.4. The van der Waals surface area contributed by atoms with E-state index in [9.17, 15) is 4.79 Å². The maximum Gasteiger partial charge on any atom is 0.416 e. The number of fused-ring (bicyclic) bond motifs is 1. The number of rotatable bonds is 2. The van der Waals surface area contributed by atoms with E-state index in [1.54, 1.807) is 4.90 Å². The molecular formula is C18H30N2O3. The number of aliphatic hydroxyl groups is 1. The third-order valence-corrected chi connectivity index (χ3v) is 3.52. The molecule has 0 aliphatic carbocycles. The maximum atomic E-state index is 12.4. The first-order chi connectivity index (χ1) is 10.8. The highest BCUT2D eigenvalue weighted by atomic mass is 16.6. The standard InChI is InChI=1S/C16H24N2O3.C2H6/c1-11-7-9-18(15(20)21-16(2,3)4)14-13(11)6-5-12(17-14)8-10-19;1-2/h5-6,11,19H,7-10H2,1-4H3;1-2H3. The Bertz CT molecular complexity index is 523. The second kappa shape index (κ2) is 8.29. The average Bonchev–Trinajstić information content (AvgIpc) is 2.48. The molecule has 0 fully saturated rings. The fraction of sp³-hybridized carbons (Fsp3) is 0.667. The number of hydrogen-bond acceptors (Lipinski definition) is 4. The Morgan fingerprint density at radius 3 is 2.61 bits per heavy atom. The quantitative estimate of drug-likeness (QED) is 0.897. The first-order valence-corrected chi connectivity index (χ1v) is 8.43. The van der Waals surface area contributed by atoms with Gasteiger partial charge in [-0.05, 0) is 44.7 Å². The van der Waals surface area contributed by atoms with Crippen LogP contribution in [0.3, 0.4) is 0 Å².